The van der Waals surface area contributed by atoms with Crippen molar-refractivity contribution >= 4 is 51.5 Å². The van der Waals surface area contributed by atoms with Crippen LogP contribution >= 0.6 is 34.2 Å². The minimum atomic E-state index is -0.429. The summed E-state index contributed by atoms with van der Waals surface area (Å²) in [6.07, 6.45) is 0.0705. The molecule has 0 unspecified atom stereocenters. The highest BCUT2D eigenvalue weighted by Gasteiger charge is 2.10. The van der Waals surface area contributed by atoms with Crippen LogP contribution in [-0.4, -0.2) is 11.6 Å². The second kappa shape index (κ2) is 7.19. The molecule has 0 saturated heterocycles. The quantitative estimate of drug-likeness (QED) is 0.538. The van der Waals surface area contributed by atoms with Gasteiger partial charge >= 0.3 is 0 Å². The number of hydrogen-bond acceptors (Lipinski definition) is 2. The standard InChI is InChI=1S/C16H13ClFIN2O/c1-9(20)13-5-4-12(8-15(13)19)21-16(22)6-10-2-3-11(18)7-14(10)17/h2-5,7-8,20H,6H2,1H3,(H,21,22). The summed E-state index contributed by atoms with van der Waals surface area (Å²) in [5.74, 6) is -0.662. The zero-order valence-corrected chi connectivity index (χ0v) is 14.6. The lowest BCUT2D eigenvalue weighted by atomic mass is 10.1. The van der Waals surface area contributed by atoms with Gasteiger partial charge in [0.25, 0.3) is 0 Å². The minimum Gasteiger partial charge on any atom is -0.326 e. The largest absolute Gasteiger partial charge is 0.326 e. The van der Waals surface area contributed by atoms with Crippen molar-refractivity contribution in [1.29, 1.82) is 5.41 Å². The fourth-order valence-electron chi connectivity index (χ4n) is 1.94. The maximum Gasteiger partial charge on any atom is 0.228 e. The van der Waals surface area contributed by atoms with Crippen LogP contribution in [0.1, 0.15) is 18.1 Å². The van der Waals surface area contributed by atoms with Gasteiger partial charge in [0.15, 0.2) is 0 Å². The molecule has 0 aliphatic rings. The van der Waals surface area contributed by atoms with Crippen LogP contribution in [0.25, 0.3) is 0 Å². The van der Waals surface area contributed by atoms with Crippen molar-refractivity contribution < 1.29 is 9.18 Å². The summed E-state index contributed by atoms with van der Waals surface area (Å²) >= 11 is 8.04. The number of halogens is 3. The van der Waals surface area contributed by atoms with Gasteiger partial charge in [-0.1, -0.05) is 23.7 Å². The molecule has 0 spiro atoms. The molecule has 3 nitrogen and oxygen atoms in total. The highest BCUT2D eigenvalue weighted by molar-refractivity contribution is 14.1. The Labute approximate surface area is 146 Å². The molecule has 0 aliphatic heterocycles. The third-order valence-corrected chi connectivity index (χ3v) is 4.27. The number of benzene rings is 2. The van der Waals surface area contributed by atoms with Crippen LogP contribution in [0.3, 0.4) is 0 Å². The van der Waals surface area contributed by atoms with E-state index < -0.39 is 5.82 Å². The summed E-state index contributed by atoms with van der Waals surface area (Å²) in [5, 5.41) is 10.6. The van der Waals surface area contributed by atoms with E-state index in [4.69, 9.17) is 17.0 Å². The van der Waals surface area contributed by atoms with E-state index in [1.165, 1.54) is 18.2 Å². The lowest BCUT2D eigenvalue weighted by Crippen LogP contribution is -2.15. The Hall–Kier alpha value is -1.47. The van der Waals surface area contributed by atoms with Gasteiger partial charge in [-0.2, -0.15) is 0 Å². The third kappa shape index (κ3) is 4.27. The molecule has 0 saturated carbocycles. The predicted molar refractivity (Wildman–Crippen MR) is 95.4 cm³/mol. The van der Waals surface area contributed by atoms with Crippen molar-refractivity contribution in [2.75, 3.05) is 5.32 Å². The lowest BCUT2D eigenvalue weighted by molar-refractivity contribution is -0.115. The zero-order chi connectivity index (χ0) is 16.3. The first-order valence-corrected chi connectivity index (χ1v) is 7.91. The van der Waals surface area contributed by atoms with Gasteiger partial charge in [-0.25, -0.2) is 4.39 Å². The summed E-state index contributed by atoms with van der Waals surface area (Å²) < 4.78 is 13.9. The molecule has 0 aromatic heterocycles. The Balaban J connectivity index is 2.09. The predicted octanol–water partition coefficient (Wildman–Crippen LogP) is 4.65. The number of carbonyl (C=O) groups excluding carboxylic acids is 1. The lowest BCUT2D eigenvalue weighted by Gasteiger charge is -2.09. The number of anilines is 1. The van der Waals surface area contributed by atoms with Gasteiger partial charge in [-0.05, 0) is 59.3 Å². The fraction of sp³-hybridized carbons (Fsp3) is 0.125. The van der Waals surface area contributed by atoms with E-state index in [2.05, 4.69) is 27.9 Å². The number of nitrogens with one attached hydrogen (secondary N) is 2. The Morgan fingerprint density at radius 1 is 1.32 bits per heavy atom. The highest BCUT2D eigenvalue weighted by Crippen LogP contribution is 2.20. The topological polar surface area (TPSA) is 53.0 Å². The normalized spacial score (nSPS) is 10.4. The molecule has 0 radical (unpaired) electrons. The van der Waals surface area contributed by atoms with Crippen LogP contribution in [0.4, 0.5) is 10.1 Å². The van der Waals surface area contributed by atoms with Crippen molar-refractivity contribution in [2.24, 2.45) is 0 Å². The molecule has 2 rings (SSSR count). The smallest absolute Gasteiger partial charge is 0.228 e. The molecule has 6 heteroatoms. The van der Waals surface area contributed by atoms with Gasteiger partial charge in [0.05, 0.1) is 6.42 Å². The van der Waals surface area contributed by atoms with E-state index >= 15 is 0 Å². The maximum absolute atomic E-state index is 13.0. The van der Waals surface area contributed by atoms with E-state index in [0.29, 0.717) is 17.0 Å². The van der Waals surface area contributed by atoms with Crippen LogP contribution in [0, 0.1) is 14.8 Å². The van der Waals surface area contributed by atoms with E-state index in [1.807, 2.05) is 0 Å². The second-order valence-electron chi connectivity index (χ2n) is 4.78. The molecule has 0 fully saturated rings. The Morgan fingerprint density at radius 3 is 2.64 bits per heavy atom. The van der Waals surface area contributed by atoms with Gasteiger partial charge in [-0.15, -0.1) is 0 Å². The van der Waals surface area contributed by atoms with Crippen molar-refractivity contribution in [3.8, 4) is 0 Å². The first kappa shape index (κ1) is 16.9. The van der Waals surface area contributed by atoms with Crippen LogP contribution in [0.5, 0.6) is 0 Å². The van der Waals surface area contributed by atoms with E-state index in [9.17, 15) is 9.18 Å². The molecule has 2 aromatic rings. The van der Waals surface area contributed by atoms with Crippen molar-refractivity contribution in [2.45, 2.75) is 13.3 Å². The number of amides is 1. The Bertz CT molecular complexity index is 749. The molecule has 22 heavy (non-hydrogen) atoms. The Kier molecular flexibility index (Phi) is 5.52. The first-order chi connectivity index (χ1) is 10.4. The van der Waals surface area contributed by atoms with Crippen LogP contribution in [-0.2, 0) is 11.2 Å². The number of rotatable bonds is 4. The molecule has 0 heterocycles. The van der Waals surface area contributed by atoms with Gasteiger partial charge < -0.3 is 10.7 Å². The molecule has 114 valence electrons. The average molecular weight is 431 g/mol. The van der Waals surface area contributed by atoms with Gasteiger partial charge in [-0.3, -0.25) is 4.79 Å². The minimum absolute atomic E-state index is 0.0705. The molecular weight excluding hydrogens is 418 g/mol. The molecule has 2 N–H and O–H groups in total. The number of carbonyl (C=O) groups is 1. The van der Waals surface area contributed by atoms with Crippen molar-refractivity contribution in [3.05, 3.63) is 61.9 Å². The summed E-state index contributed by atoms with van der Waals surface area (Å²) in [6.45, 7) is 1.71. The summed E-state index contributed by atoms with van der Waals surface area (Å²) in [6, 6.07) is 9.32. The van der Waals surface area contributed by atoms with Crippen LogP contribution in [0.2, 0.25) is 5.02 Å². The van der Waals surface area contributed by atoms with Crippen LogP contribution in [0.15, 0.2) is 36.4 Å². The molecule has 2 aromatic carbocycles. The fourth-order valence-corrected chi connectivity index (χ4v) is 3.09. The summed E-state index contributed by atoms with van der Waals surface area (Å²) in [4.78, 5) is 12.0. The highest BCUT2D eigenvalue weighted by atomic mass is 127. The molecule has 0 aliphatic carbocycles. The monoisotopic (exact) mass is 430 g/mol. The Morgan fingerprint density at radius 2 is 2.05 bits per heavy atom. The van der Waals surface area contributed by atoms with Gasteiger partial charge in [0.1, 0.15) is 5.82 Å². The van der Waals surface area contributed by atoms with E-state index in [-0.39, 0.29) is 17.4 Å². The molecular formula is C16H13ClFIN2O. The van der Waals surface area contributed by atoms with Crippen LogP contribution < -0.4 is 5.32 Å². The zero-order valence-electron chi connectivity index (χ0n) is 11.7. The molecule has 1 amide bonds. The van der Waals surface area contributed by atoms with Crippen molar-refractivity contribution in [1.82, 2.24) is 0 Å². The molecule has 0 bridgehead atoms. The van der Waals surface area contributed by atoms with Gasteiger partial charge in [0.2, 0.25) is 5.91 Å². The average Bonchev–Trinajstić information content (AvgIpc) is 2.41. The SMILES string of the molecule is CC(=N)c1ccc(NC(=O)Cc2ccc(F)cc2Cl)cc1I. The van der Waals surface area contributed by atoms with E-state index in [0.717, 1.165) is 9.13 Å². The summed E-state index contributed by atoms with van der Waals surface area (Å²) in [7, 11) is 0. The van der Waals surface area contributed by atoms with E-state index in [1.54, 1.807) is 25.1 Å². The second-order valence-corrected chi connectivity index (χ2v) is 6.35. The van der Waals surface area contributed by atoms with Gasteiger partial charge in [0, 0.05) is 25.6 Å². The third-order valence-electron chi connectivity index (χ3n) is 3.02. The molecule has 0 atom stereocenters. The van der Waals surface area contributed by atoms with Crippen molar-refractivity contribution in [3.63, 3.8) is 0 Å². The number of hydrogen-bond donors (Lipinski definition) is 2. The first-order valence-electron chi connectivity index (χ1n) is 6.45. The maximum atomic E-state index is 13.0. The summed E-state index contributed by atoms with van der Waals surface area (Å²) in [5.41, 5.74) is 2.53.